The summed E-state index contributed by atoms with van der Waals surface area (Å²) in [6.07, 6.45) is 5.57. The Hall–Kier alpha value is -4.04. The van der Waals surface area contributed by atoms with E-state index in [9.17, 15) is 24.3 Å². The molecule has 1 aliphatic heterocycles. The Balaban J connectivity index is 1.49. The molecule has 0 radical (unpaired) electrons. The number of ether oxygens (including phenoxy) is 1. The number of Topliss-reactive ketones (excluding diaryl/α,β-unsaturated/α-hetero) is 1. The fourth-order valence-corrected chi connectivity index (χ4v) is 7.15. The maximum atomic E-state index is 14.0. The number of hydrogen-bond acceptors (Lipinski definition) is 6. The van der Waals surface area contributed by atoms with Gasteiger partial charge in [-0.25, -0.2) is 0 Å². The molecule has 2 aromatic carbocycles. The van der Waals surface area contributed by atoms with Crippen molar-refractivity contribution in [3.05, 3.63) is 93.0 Å². The second-order valence-electron chi connectivity index (χ2n) is 10.6. The number of fused-ring (bicyclic) bond motifs is 3. The number of carbonyl (C=O) groups excluding carboxylic acids is 4. The van der Waals surface area contributed by atoms with Crippen molar-refractivity contribution in [2.45, 2.75) is 25.7 Å². The fraction of sp³-hybridized carbons (Fsp3) is 0.250. The number of halogens is 1. The van der Waals surface area contributed by atoms with Crippen LogP contribution in [0.4, 0.5) is 5.69 Å². The van der Waals surface area contributed by atoms with Gasteiger partial charge in [0.15, 0.2) is 23.1 Å². The average molecular weight is 600 g/mol. The maximum absolute atomic E-state index is 14.0. The van der Waals surface area contributed by atoms with Crippen LogP contribution in [0.2, 0.25) is 0 Å². The lowest BCUT2D eigenvalue weighted by Crippen LogP contribution is -2.39. The molecule has 4 aliphatic rings. The van der Waals surface area contributed by atoms with Crippen molar-refractivity contribution in [3.8, 4) is 11.5 Å². The van der Waals surface area contributed by atoms with Crippen LogP contribution in [0.25, 0.3) is 6.08 Å². The second kappa shape index (κ2) is 9.55. The normalized spacial score (nSPS) is 25.7. The lowest BCUT2D eigenvalue weighted by Gasteiger charge is -2.42. The molecule has 40 heavy (non-hydrogen) atoms. The van der Waals surface area contributed by atoms with Gasteiger partial charge in [-0.05, 0) is 83.1 Å². The summed E-state index contributed by atoms with van der Waals surface area (Å²) in [5.74, 6) is -3.21. The maximum Gasteiger partial charge on any atom is 0.238 e. The van der Waals surface area contributed by atoms with E-state index < -0.39 is 23.7 Å². The molecule has 1 N–H and O–H groups in total. The standard InChI is InChI=1S/C32H26BrNO6/c1-4-16-5-7-18(8-6-16)34-31(38)20-10-9-19-21(27(20)32(34)39)14-22-28(24(35)11-15(2)29(22)36)26(19)17-12-23(33)30(37)25(13-17)40-3/h4-9,11-13,20-21,26-27,37H,1,10,14H2,2-3H3/t20-,21+,26-,27-/m0/s1. The highest BCUT2D eigenvalue weighted by molar-refractivity contribution is 9.10. The van der Waals surface area contributed by atoms with Gasteiger partial charge in [-0.3, -0.25) is 24.1 Å². The first-order valence-corrected chi connectivity index (χ1v) is 13.8. The Bertz CT molecular complexity index is 1630. The summed E-state index contributed by atoms with van der Waals surface area (Å²) in [5.41, 5.74) is 3.96. The Kier molecular flexibility index (Phi) is 6.26. The number of nitrogens with zero attached hydrogens (tertiary/aromatic N) is 1. The van der Waals surface area contributed by atoms with Gasteiger partial charge >= 0.3 is 0 Å². The largest absolute Gasteiger partial charge is 0.503 e. The summed E-state index contributed by atoms with van der Waals surface area (Å²) in [6.45, 7) is 5.37. The number of ketones is 2. The minimum atomic E-state index is -0.667. The van der Waals surface area contributed by atoms with E-state index in [1.165, 1.54) is 18.1 Å². The molecule has 0 saturated carbocycles. The average Bonchev–Trinajstić information content (AvgIpc) is 3.21. The number of amides is 2. The Labute approximate surface area is 239 Å². The molecule has 1 saturated heterocycles. The van der Waals surface area contributed by atoms with Gasteiger partial charge in [0.25, 0.3) is 0 Å². The number of hydrogen-bond donors (Lipinski definition) is 1. The van der Waals surface area contributed by atoms with Gasteiger partial charge in [0.1, 0.15) is 0 Å². The third-order valence-electron chi connectivity index (χ3n) is 8.55. The Morgan fingerprint density at radius 3 is 2.48 bits per heavy atom. The van der Waals surface area contributed by atoms with E-state index in [4.69, 9.17) is 4.74 Å². The van der Waals surface area contributed by atoms with Crippen LogP contribution in [0.15, 0.2) is 81.9 Å². The summed E-state index contributed by atoms with van der Waals surface area (Å²) >= 11 is 3.38. The number of phenolic OH excluding ortho intramolecular Hbond substituents is 1. The summed E-state index contributed by atoms with van der Waals surface area (Å²) in [4.78, 5) is 55.7. The number of anilines is 1. The van der Waals surface area contributed by atoms with Crippen LogP contribution in [0.3, 0.4) is 0 Å². The van der Waals surface area contributed by atoms with Gasteiger partial charge < -0.3 is 9.84 Å². The van der Waals surface area contributed by atoms with Gasteiger partial charge in [0.2, 0.25) is 11.8 Å². The lowest BCUT2D eigenvalue weighted by molar-refractivity contribution is -0.123. The molecule has 1 heterocycles. The van der Waals surface area contributed by atoms with Crippen LogP contribution in [0.1, 0.15) is 36.8 Å². The summed E-state index contributed by atoms with van der Waals surface area (Å²) in [6, 6.07) is 10.4. The van der Waals surface area contributed by atoms with Crippen molar-refractivity contribution in [2.24, 2.45) is 17.8 Å². The fourth-order valence-electron chi connectivity index (χ4n) is 6.69. The molecule has 8 heteroatoms. The highest BCUT2D eigenvalue weighted by Gasteiger charge is 2.56. The molecule has 3 aliphatic carbocycles. The summed E-state index contributed by atoms with van der Waals surface area (Å²) < 4.78 is 5.76. The lowest BCUT2D eigenvalue weighted by atomic mass is 9.59. The number of carbonyl (C=O) groups is 4. The molecule has 0 spiro atoms. The zero-order valence-corrected chi connectivity index (χ0v) is 23.5. The van der Waals surface area contributed by atoms with Gasteiger partial charge in [-0.2, -0.15) is 0 Å². The van der Waals surface area contributed by atoms with E-state index in [0.29, 0.717) is 38.9 Å². The first-order chi connectivity index (χ1) is 19.2. The van der Waals surface area contributed by atoms with Crippen molar-refractivity contribution in [3.63, 3.8) is 0 Å². The van der Waals surface area contributed by atoms with Crippen LogP contribution in [0, 0.1) is 17.8 Å². The topological polar surface area (TPSA) is 101 Å². The number of aromatic hydroxyl groups is 1. The smallest absolute Gasteiger partial charge is 0.238 e. The monoisotopic (exact) mass is 599 g/mol. The van der Waals surface area contributed by atoms with Crippen LogP contribution >= 0.6 is 15.9 Å². The SMILES string of the molecule is C=Cc1ccc(N2C(=O)[C@H]3[C@H](CC=C4[C@H](c5cc(Br)c(O)c(OC)c5)C5=C(C[C@H]43)C(=O)C(C)=CC5=O)C2=O)cc1. The first kappa shape index (κ1) is 26.2. The van der Waals surface area contributed by atoms with E-state index in [2.05, 4.69) is 22.5 Å². The number of phenols is 1. The molecule has 2 amide bonds. The van der Waals surface area contributed by atoms with Crippen LogP contribution < -0.4 is 9.64 Å². The first-order valence-electron chi connectivity index (χ1n) is 13.0. The predicted octanol–water partition coefficient (Wildman–Crippen LogP) is 5.44. The van der Waals surface area contributed by atoms with E-state index in [0.717, 1.165) is 11.1 Å². The minimum absolute atomic E-state index is 0.0815. The van der Waals surface area contributed by atoms with Crippen LogP contribution in [-0.4, -0.2) is 35.6 Å². The molecule has 202 valence electrons. The molecule has 0 aromatic heterocycles. The zero-order valence-electron chi connectivity index (χ0n) is 21.9. The molecule has 0 unspecified atom stereocenters. The molecule has 2 aromatic rings. The van der Waals surface area contributed by atoms with Gasteiger partial charge in [0.05, 0.1) is 29.1 Å². The van der Waals surface area contributed by atoms with E-state index >= 15 is 0 Å². The Morgan fingerprint density at radius 2 is 1.80 bits per heavy atom. The minimum Gasteiger partial charge on any atom is -0.503 e. The third kappa shape index (κ3) is 3.77. The molecule has 6 rings (SSSR count). The van der Waals surface area contributed by atoms with Crippen molar-refractivity contribution >= 4 is 51.1 Å². The molecule has 1 fully saturated rings. The van der Waals surface area contributed by atoms with Gasteiger partial charge in [-0.15, -0.1) is 0 Å². The van der Waals surface area contributed by atoms with Gasteiger partial charge in [0, 0.05) is 22.6 Å². The van der Waals surface area contributed by atoms with Crippen molar-refractivity contribution in [1.82, 2.24) is 0 Å². The number of methoxy groups -OCH3 is 1. The number of benzene rings is 2. The van der Waals surface area contributed by atoms with E-state index in [1.54, 1.807) is 49.4 Å². The van der Waals surface area contributed by atoms with Crippen LogP contribution in [-0.2, 0) is 19.2 Å². The molecule has 0 bridgehead atoms. The number of rotatable bonds is 4. The van der Waals surface area contributed by atoms with E-state index in [1.807, 2.05) is 6.08 Å². The Morgan fingerprint density at radius 1 is 1.07 bits per heavy atom. The molecular weight excluding hydrogens is 574 g/mol. The molecular formula is C32H26BrNO6. The zero-order chi connectivity index (χ0) is 28.5. The highest BCUT2D eigenvalue weighted by atomic mass is 79.9. The molecule has 4 atom stereocenters. The van der Waals surface area contributed by atoms with Crippen molar-refractivity contribution in [1.29, 1.82) is 0 Å². The van der Waals surface area contributed by atoms with Gasteiger partial charge in [-0.1, -0.05) is 36.4 Å². The number of allylic oxidation sites excluding steroid dienone is 6. The van der Waals surface area contributed by atoms with Crippen LogP contribution in [0.5, 0.6) is 11.5 Å². The van der Waals surface area contributed by atoms with Crippen molar-refractivity contribution < 1.29 is 29.0 Å². The quantitative estimate of drug-likeness (QED) is 0.285. The third-order valence-corrected chi connectivity index (χ3v) is 9.16. The molecule has 7 nitrogen and oxygen atoms in total. The second-order valence-corrected chi connectivity index (χ2v) is 11.4. The summed E-state index contributed by atoms with van der Waals surface area (Å²) in [5, 5.41) is 10.4. The predicted molar refractivity (Wildman–Crippen MR) is 153 cm³/mol. The number of imide groups is 1. The van der Waals surface area contributed by atoms with E-state index in [-0.39, 0.29) is 41.3 Å². The van der Waals surface area contributed by atoms with Crippen molar-refractivity contribution in [2.75, 3.05) is 12.0 Å². The summed E-state index contributed by atoms with van der Waals surface area (Å²) in [7, 11) is 1.44. The highest BCUT2D eigenvalue weighted by Crippen LogP contribution is 2.56.